The van der Waals surface area contributed by atoms with E-state index in [0.29, 0.717) is 11.3 Å². The lowest BCUT2D eigenvalue weighted by atomic mass is 10.2. The number of anilines is 1. The molecule has 0 saturated carbocycles. The second kappa shape index (κ2) is 9.14. The highest BCUT2D eigenvalue weighted by Gasteiger charge is 2.22. The summed E-state index contributed by atoms with van der Waals surface area (Å²) in [5.74, 6) is -1.92. The van der Waals surface area contributed by atoms with Crippen LogP contribution in [-0.4, -0.2) is 45.6 Å². The van der Waals surface area contributed by atoms with E-state index in [-0.39, 0.29) is 22.1 Å². The Morgan fingerprint density at radius 2 is 1.64 bits per heavy atom. The van der Waals surface area contributed by atoms with Crippen molar-refractivity contribution in [2.75, 3.05) is 24.7 Å². The molecule has 0 spiro atoms. The minimum absolute atomic E-state index is 0.118. The molecule has 28 heavy (non-hydrogen) atoms. The van der Waals surface area contributed by atoms with Crippen LogP contribution in [0.4, 0.5) is 5.69 Å². The van der Waals surface area contributed by atoms with Crippen molar-refractivity contribution in [3.8, 4) is 0 Å². The number of rotatable bonds is 7. The largest absolute Gasteiger partial charge is 0.452 e. The summed E-state index contributed by atoms with van der Waals surface area (Å²) in [4.78, 5) is 35.6. The molecule has 0 fully saturated rings. The van der Waals surface area contributed by atoms with E-state index in [2.05, 4.69) is 10.6 Å². The van der Waals surface area contributed by atoms with Gasteiger partial charge < -0.3 is 15.4 Å². The molecule has 2 N–H and O–H groups in total. The van der Waals surface area contributed by atoms with E-state index in [9.17, 15) is 22.8 Å². The summed E-state index contributed by atoms with van der Waals surface area (Å²) >= 11 is 0. The zero-order valence-corrected chi connectivity index (χ0v) is 16.2. The molecule has 0 unspecified atom stereocenters. The molecule has 0 atom stereocenters. The molecule has 148 valence electrons. The number of nitrogens with one attached hydrogen (secondary N) is 2. The van der Waals surface area contributed by atoms with Crippen LogP contribution < -0.4 is 10.6 Å². The molecule has 0 aliphatic rings. The average molecular weight is 404 g/mol. The van der Waals surface area contributed by atoms with Crippen molar-refractivity contribution in [3.05, 3.63) is 59.7 Å². The smallest absolute Gasteiger partial charge is 0.339 e. The molecule has 8 nitrogen and oxygen atoms in total. The summed E-state index contributed by atoms with van der Waals surface area (Å²) in [7, 11) is -2.10. The van der Waals surface area contributed by atoms with Crippen LogP contribution in [0.2, 0.25) is 0 Å². The van der Waals surface area contributed by atoms with Gasteiger partial charge in [-0.2, -0.15) is 0 Å². The van der Waals surface area contributed by atoms with Crippen molar-refractivity contribution in [2.24, 2.45) is 0 Å². The van der Waals surface area contributed by atoms with Gasteiger partial charge in [0.05, 0.1) is 16.2 Å². The normalized spacial score (nSPS) is 10.8. The van der Waals surface area contributed by atoms with Gasteiger partial charge in [0, 0.05) is 18.3 Å². The van der Waals surface area contributed by atoms with Gasteiger partial charge in [-0.25, -0.2) is 13.2 Å². The highest BCUT2D eigenvalue weighted by molar-refractivity contribution is 7.91. The van der Waals surface area contributed by atoms with Crippen molar-refractivity contribution >= 4 is 33.3 Å². The van der Waals surface area contributed by atoms with Crippen molar-refractivity contribution in [3.63, 3.8) is 0 Å². The van der Waals surface area contributed by atoms with Crippen LogP contribution in [0, 0.1) is 0 Å². The lowest BCUT2D eigenvalue weighted by molar-refractivity contribution is -0.119. The van der Waals surface area contributed by atoms with Crippen molar-refractivity contribution in [1.29, 1.82) is 0 Å². The number of esters is 1. The predicted octanol–water partition coefficient (Wildman–Crippen LogP) is 1.64. The van der Waals surface area contributed by atoms with Crippen LogP contribution in [0.15, 0.2) is 53.4 Å². The highest BCUT2D eigenvalue weighted by atomic mass is 32.2. The van der Waals surface area contributed by atoms with Gasteiger partial charge in [0.25, 0.3) is 11.8 Å². The SMILES string of the molecule is CCS(=O)(=O)c1ccccc1C(=O)OCC(=O)Nc1ccc(C(=O)NC)cc1. The average Bonchev–Trinajstić information content (AvgIpc) is 2.72. The van der Waals surface area contributed by atoms with Crippen LogP contribution in [0.1, 0.15) is 27.6 Å². The second-order valence-electron chi connectivity index (χ2n) is 5.68. The molecule has 0 aliphatic heterocycles. The fourth-order valence-electron chi connectivity index (χ4n) is 2.32. The fraction of sp³-hybridized carbons (Fsp3) is 0.211. The van der Waals surface area contributed by atoms with E-state index in [1.807, 2.05) is 0 Å². The lowest BCUT2D eigenvalue weighted by Crippen LogP contribution is -2.22. The number of hydrogen-bond donors (Lipinski definition) is 2. The third-order valence-corrected chi connectivity index (χ3v) is 5.60. The Hall–Kier alpha value is -3.20. The topological polar surface area (TPSA) is 119 Å². The van der Waals surface area contributed by atoms with Crippen LogP contribution >= 0.6 is 0 Å². The Morgan fingerprint density at radius 3 is 2.25 bits per heavy atom. The van der Waals surface area contributed by atoms with E-state index in [4.69, 9.17) is 4.74 Å². The fourth-order valence-corrected chi connectivity index (χ4v) is 3.40. The third-order valence-electron chi connectivity index (χ3n) is 3.81. The number of sulfone groups is 1. The molecule has 0 heterocycles. The molecule has 2 aromatic carbocycles. The number of carbonyl (C=O) groups is 3. The zero-order chi connectivity index (χ0) is 20.7. The zero-order valence-electron chi connectivity index (χ0n) is 15.4. The molecule has 2 rings (SSSR count). The standard InChI is InChI=1S/C19H20N2O6S/c1-3-28(25,26)16-7-5-4-6-15(16)19(24)27-12-17(22)21-14-10-8-13(9-11-14)18(23)20-2/h4-11H,3,12H2,1-2H3,(H,20,23)(H,21,22). The third kappa shape index (κ3) is 5.17. The molecule has 0 bridgehead atoms. The van der Waals surface area contributed by atoms with Crippen molar-refractivity contribution in [1.82, 2.24) is 5.32 Å². The summed E-state index contributed by atoms with van der Waals surface area (Å²) in [5, 5.41) is 5.01. The Balaban J connectivity index is 2.00. The summed E-state index contributed by atoms with van der Waals surface area (Å²) in [6.45, 7) is 0.886. The van der Waals surface area contributed by atoms with E-state index >= 15 is 0 Å². The number of amides is 2. The van der Waals surface area contributed by atoms with Crippen molar-refractivity contribution in [2.45, 2.75) is 11.8 Å². The van der Waals surface area contributed by atoms with E-state index < -0.39 is 28.3 Å². The maximum Gasteiger partial charge on any atom is 0.339 e. The summed E-state index contributed by atoms with van der Waals surface area (Å²) in [6.07, 6.45) is 0. The summed E-state index contributed by atoms with van der Waals surface area (Å²) in [5.41, 5.74) is 0.732. The van der Waals surface area contributed by atoms with Crippen molar-refractivity contribution < 1.29 is 27.5 Å². The van der Waals surface area contributed by atoms with Crippen LogP contribution in [0.25, 0.3) is 0 Å². The van der Waals surface area contributed by atoms with Gasteiger partial charge in [0.2, 0.25) is 0 Å². The van der Waals surface area contributed by atoms with Crippen LogP contribution in [0.3, 0.4) is 0 Å². The highest BCUT2D eigenvalue weighted by Crippen LogP contribution is 2.18. The number of benzene rings is 2. The Morgan fingerprint density at radius 1 is 1.00 bits per heavy atom. The lowest BCUT2D eigenvalue weighted by Gasteiger charge is -2.10. The Kier molecular flexibility index (Phi) is 6.89. The minimum atomic E-state index is -3.61. The van der Waals surface area contributed by atoms with Gasteiger partial charge >= 0.3 is 5.97 Å². The van der Waals surface area contributed by atoms with Gasteiger partial charge in [-0.1, -0.05) is 19.1 Å². The first-order valence-corrected chi connectivity index (χ1v) is 10.0. The molecule has 0 saturated heterocycles. The number of carbonyl (C=O) groups excluding carboxylic acids is 3. The molecule has 0 aliphatic carbocycles. The molecular weight excluding hydrogens is 384 g/mol. The maximum absolute atomic E-state index is 12.2. The first kappa shape index (κ1) is 21.1. The Bertz CT molecular complexity index is 984. The molecule has 9 heteroatoms. The molecule has 0 aromatic heterocycles. The van der Waals surface area contributed by atoms with Gasteiger partial charge in [-0.3, -0.25) is 9.59 Å². The second-order valence-corrected chi connectivity index (χ2v) is 7.93. The molecular formula is C19H20N2O6S. The molecule has 0 radical (unpaired) electrons. The molecule has 2 amide bonds. The van der Waals surface area contributed by atoms with E-state index in [1.165, 1.54) is 62.5 Å². The first-order valence-electron chi connectivity index (χ1n) is 8.39. The minimum Gasteiger partial charge on any atom is -0.452 e. The predicted molar refractivity (Wildman–Crippen MR) is 103 cm³/mol. The monoisotopic (exact) mass is 404 g/mol. The Labute approximate surface area is 162 Å². The van der Waals surface area contributed by atoms with Crippen LogP contribution in [-0.2, 0) is 19.4 Å². The van der Waals surface area contributed by atoms with Gasteiger partial charge in [0.1, 0.15) is 0 Å². The maximum atomic E-state index is 12.2. The van der Waals surface area contributed by atoms with Crippen LogP contribution in [0.5, 0.6) is 0 Å². The quantitative estimate of drug-likeness (QED) is 0.677. The summed E-state index contributed by atoms with van der Waals surface area (Å²) in [6, 6.07) is 11.8. The molecule has 2 aromatic rings. The van der Waals surface area contributed by atoms with E-state index in [1.54, 1.807) is 0 Å². The number of ether oxygens (including phenoxy) is 1. The summed E-state index contributed by atoms with van der Waals surface area (Å²) < 4.78 is 29.1. The first-order chi connectivity index (χ1) is 13.3. The van der Waals surface area contributed by atoms with Gasteiger partial charge in [-0.15, -0.1) is 0 Å². The van der Waals surface area contributed by atoms with E-state index in [0.717, 1.165) is 0 Å². The number of hydrogen-bond acceptors (Lipinski definition) is 6. The van der Waals surface area contributed by atoms with Gasteiger partial charge in [0.15, 0.2) is 16.4 Å². The van der Waals surface area contributed by atoms with Gasteiger partial charge in [-0.05, 0) is 36.4 Å².